The van der Waals surface area contributed by atoms with Crippen LogP contribution >= 0.6 is 0 Å². The molecule has 0 bridgehead atoms. The van der Waals surface area contributed by atoms with Crippen molar-refractivity contribution in [2.45, 2.75) is 18.9 Å². The summed E-state index contributed by atoms with van der Waals surface area (Å²) in [7, 11) is 0. The quantitative estimate of drug-likeness (QED) is 0.600. The highest BCUT2D eigenvalue weighted by Crippen LogP contribution is 2.29. The Morgan fingerprint density at radius 2 is 2.31 bits per heavy atom. The van der Waals surface area contributed by atoms with Crippen LogP contribution in [0.4, 0.5) is 5.69 Å². The van der Waals surface area contributed by atoms with Crippen molar-refractivity contribution in [2.75, 3.05) is 18.9 Å². The van der Waals surface area contributed by atoms with Gasteiger partial charge >= 0.3 is 0 Å². The summed E-state index contributed by atoms with van der Waals surface area (Å²) < 4.78 is 11.1. The van der Waals surface area contributed by atoms with E-state index in [9.17, 15) is 0 Å². The van der Waals surface area contributed by atoms with Gasteiger partial charge in [0, 0.05) is 17.5 Å². The van der Waals surface area contributed by atoms with Crippen molar-refractivity contribution in [3.63, 3.8) is 0 Å². The minimum atomic E-state index is -0.185. The molecule has 1 aromatic rings. The third-order valence-corrected chi connectivity index (χ3v) is 2.92. The summed E-state index contributed by atoms with van der Waals surface area (Å²) in [5.41, 5.74) is 6.81. The van der Waals surface area contributed by atoms with Crippen molar-refractivity contribution >= 4 is 11.9 Å². The van der Waals surface area contributed by atoms with E-state index >= 15 is 0 Å². The van der Waals surface area contributed by atoms with Gasteiger partial charge in [-0.3, -0.25) is 0 Å². The van der Waals surface area contributed by atoms with Crippen molar-refractivity contribution in [2.24, 2.45) is 0 Å². The van der Waals surface area contributed by atoms with Crippen LogP contribution in [0.5, 0.6) is 5.75 Å². The first-order valence-corrected chi connectivity index (χ1v) is 5.36. The highest BCUT2D eigenvalue weighted by Gasteiger charge is 2.39. The molecule has 16 heavy (non-hydrogen) atoms. The number of nitrogen functional groups attached to an aromatic ring is 1. The van der Waals surface area contributed by atoms with E-state index in [2.05, 4.69) is 6.92 Å². The molecular formula is C12H16N2O2. The largest absolute Gasteiger partial charge is 0.482 e. The third kappa shape index (κ3) is 1.88. The number of ether oxygens (including phenoxy) is 2. The van der Waals surface area contributed by atoms with Gasteiger partial charge in [0.15, 0.2) is 5.60 Å². The molecule has 1 heterocycles. The number of rotatable bonds is 4. The lowest BCUT2D eigenvalue weighted by Crippen LogP contribution is -2.53. The molecule has 1 aliphatic rings. The first kappa shape index (κ1) is 11.0. The van der Waals surface area contributed by atoms with Crippen LogP contribution in [0.3, 0.4) is 0 Å². The van der Waals surface area contributed by atoms with E-state index in [1.165, 1.54) is 6.21 Å². The third-order valence-electron chi connectivity index (χ3n) is 2.92. The maximum Gasteiger partial charge on any atom is 0.155 e. The minimum absolute atomic E-state index is 0.185. The van der Waals surface area contributed by atoms with Crippen LogP contribution in [-0.4, -0.2) is 25.0 Å². The molecule has 1 aliphatic heterocycles. The van der Waals surface area contributed by atoms with Crippen LogP contribution in [0.15, 0.2) is 18.2 Å². The second-order valence-electron chi connectivity index (χ2n) is 4.07. The molecule has 3 N–H and O–H groups in total. The number of benzene rings is 1. The molecule has 86 valence electrons. The average molecular weight is 220 g/mol. The maximum absolute atomic E-state index is 7.23. The zero-order valence-corrected chi connectivity index (χ0v) is 9.32. The van der Waals surface area contributed by atoms with Crippen molar-refractivity contribution in [3.05, 3.63) is 23.8 Å². The van der Waals surface area contributed by atoms with Crippen LogP contribution < -0.4 is 10.5 Å². The van der Waals surface area contributed by atoms with Crippen molar-refractivity contribution in [1.82, 2.24) is 0 Å². The maximum atomic E-state index is 7.23. The number of anilines is 1. The first-order valence-electron chi connectivity index (χ1n) is 5.36. The van der Waals surface area contributed by atoms with Gasteiger partial charge in [-0.05, 0) is 24.6 Å². The Hall–Kier alpha value is -1.55. The predicted molar refractivity (Wildman–Crippen MR) is 63.2 cm³/mol. The van der Waals surface area contributed by atoms with E-state index in [0.717, 1.165) is 12.2 Å². The Labute approximate surface area is 94.9 Å². The number of hydrogen-bond donors (Lipinski definition) is 2. The Morgan fingerprint density at radius 1 is 1.56 bits per heavy atom. The van der Waals surface area contributed by atoms with E-state index in [0.29, 0.717) is 24.5 Å². The summed E-state index contributed by atoms with van der Waals surface area (Å²) in [6.07, 6.45) is 2.15. The number of nitrogens with two attached hydrogens (primary N) is 1. The molecule has 0 aliphatic carbocycles. The second-order valence-corrected chi connectivity index (χ2v) is 4.07. The van der Waals surface area contributed by atoms with Crippen LogP contribution in [0.25, 0.3) is 0 Å². The Morgan fingerprint density at radius 3 is 2.81 bits per heavy atom. The Kier molecular flexibility index (Phi) is 2.83. The van der Waals surface area contributed by atoms with Crippen molar-refractivity contribution < 1.29 is 9.47 Å². The standard InChI is InChI=1S/C12H16N2O2/c1-2-12(7-15-8-12)16-10-3-4-11(14)9(5-10)6-13/h3-6,13H,2,7-8,14H2,1H3. The van der Waals surface area contributed by atoms with Gasteiger partial charge in [-0.25, -0.2) is 0 Å². The first-order chi connectivity index (χ1) is 7.69. The van der Waals surface area contributed by atoms with Crippen LogP contribution in [0.1, 0.15) is 18.9 Å². The van der Waals surface area contributed by atoms with Crippen molar-refractivity contribution in [1.29, 1.82) is 5.41 Å². The smallest absolute Gasteiger partial charge is 0.155 e. The molecule has 0 atom stereocenters. The second kappa shape index (κ2) is 4.14. The molecule has 0 unspecified atom stereocenters. The summed E-state index contributed by atoms with van der Waals surface area (Å²) >= 11 is 0. The van der Waals surface area contributed by atoms with Gasteiger partial charge in [0.25, 0.3) is 0 Å². The van der Waals surface area contributed by atoms with E-state index in [-0.39, 0.29) is 5.60 Å². The normalized spacial score (nSPS) is 17.6. The van der Waals surface area contributed by atoms with Gasteiger partial charge in [0.1, 0.15) is 5.75 Å². The monoisotopic (exact) mass is 220 g/mol. The summed E-state index contributed by atoms with van der Waals surface area (Å²) in [5.74, 6) is 0.748. The lowest BCUT2D eigenvalue weighted by atomic mass is 9.98. The zero-order chi connectivity index (χ0) is 11.6. The molecule has 0 spiro atoms. The van der Waals surface area contributed by atoms with Gasteiger partial charge in [0.2, 0.25) is 0 Å². The average Bonchev–Trinajstić information content (AvgIpc) is 2.25. The van der Waals surface area contributed by atoms with Crippen LogP contribution in [-0.2, 0) is 4.74 Å². The fourth-order valence-electron chi connectivity index (χ4n) is 1.66. The Balaban J connectivity index is 2.18. The molecule has 0 amide bonds. The Bertz CT molecular complexity index is 394. The SMILES string of the molecule is CCC1(Oc2ccc(N)c(C=N)c2)COC1. The van der Waals surface area contributed by atoms with Crippen LogP contribution in [0.2, 0.25) is 0 Å². The minimum Gasteiger partial charge on any atom is -0.482 e. The molecule has 0 radical (unpaired) electrons. The summed E-state index contributed by atoms with van der Waals surface area (Å²) in [5, 5.41) is 7.23. The highest BCUT2D eigenvalue weighted by molar-refractivity contribution is 5.85. The van der Waals surface area contributed by atoms with E-state index in [1.807, 2.05) is 6.07 Å². The van der Waals surface area contributed by atoms with E-state index < -0.39 is 0 Å². The summed E-state index contributed by atoms with van der Waals surface area (Å²) in [4.78, 5) is 0. The van der Waals surface area contributed by atoms with Gasteiger partial charge < -0.3 is 20.6 Å². The van der Waals surface area contributed by atoms with Crippen LogP contribution in [0, 0.1) is 5.41 Å². The van der Waals surface area contributed by atoms with E-state index in [4.69, 9.17) is 20.6 Å². The molecule has 4 nitrogen and oxygen atoms in total. The summed E-state index contributed by atoms with van der Waals surface area (Å²) in [6.45, 7) is 3.35. The molecule has 4 heteroatoms. The van der Waals surface area contributed by atoms with Gasteiger partial charge in [-0.2, -0.15) is 0 Å². The molecule has 1 saturated heterocycles. The fraction of sp³-hybridized carbons (Fsp3) is 0.417. The molecule has 0 aromatic heterocycles. The lowest BCUT2D eigenvalue weighted by Gasteiger charge is -2.40. The molecule has 2 rings (SSSR count). The molecule has 1 fully saturated rings. The van der Waals surface area contributed by atoms with E-state index in [1.54, 1.807) is 12.1 Å². The topological polar surface area (TPSA) is 68.3 Å². The number of hydrogen-bond acceptors (Lipinski definition) is 4. The molecule has 0 saturated carbocycles. The lowest BCUT2D eigenvalue weighted by molar-refractivity contribution is -0.162. The van der Waals surface area contributed by atoms with Gasteiger partial charge in [0.05, 0.1) is 13.2 Å². The highest BCUT2D eigenvalue weighted by atomic mass is 16.6. The van der Waals surface area contributed by atoms with Gasteiger partial charge in [-0.1, -0.05) is 6.92 Å². The van der Waals surface area contributed by atoms with Gasteiger partial charge in [-0.15, -0.1) is 0 Å². The zero-order valence-electron chi connectivity index (χ0n) is 9.32. The van der Waals surface area contributed by atoms with Crippen molar-refractivity contribution in [3.8, 4) is 5.75 Å². The molecule has 1 aromatic carbocycles. The summed E-state index contributed by atoms with van der Waals surface area (Å²) in [6, 6.07) is 5.38. The fourth-order valence-corrected chi connectivity index (χ4v) is 1.66. The predicted octanol–water partition coefficient (Wildman–Crippen LogP) is 1.82. The number of nitrogens with one attached hydrogen (secondary N) is 1. The molecular weight excluding hydrogens is 204 g/mol.